The maximum atomic E-state index is 12.0. The Kier molecular flexibility index (Phi) is 3.97. The van der Waals surface area contributed by atoms with Crippen LogP contribution in [-0.2, 0) is 11.4 Å². The molecule has 0 bridgehead atoms. The summed E-state index contributed by atoms with van der Waals surface area (Å²) in [6, 6.07) is 7.95. The maximum Gasteiger partial charge on any atom is 0.190 e. The molecule has 15 heavy (non-hydrogen) atoms. The molecule has 1 aromatic carbocycles. The molecule has 1 atom stereocenters. The highest BCUT2D eigenvalue weighted by atomic mass is 32.3. The number of nitrogens with zero attached hydrogens (tertiary/aromatic N) is 1. The van der Waals surface area contributed by atoms with Crippen LogP contribution < -0.4 is 0 Å². The monoisotopic (exact) mass is 241 g/mol. The molecule has 4 heteroatoms. The largest absolute Gasteiger partial charge is 0.592 e. The Balaban J connectivity index is 1.97. The summed E-state index contributed by atoms with van der Waals surface area (Å²) in [5.41, 5.74) is 0. The van der Waals surface area contributed by atoms with E-state index in [4.69, 9.17) is 0 Å². The molecule has 1 heterocycles. The highest BCUT2D eigenvalue weighted by molar-refractivity contribution is 8.11. The third-order valence-corrected chi connectivity index (χ3v) is 5.35. The highest BCUT2D eigenvalue weighted by Crippen LogP contribution is 2.41. The van der Waals surface area contributed by atoms with Crippen molar-refractivity contribution in [3.63, 3.8) is 0 Å². The van der Waals surface area contributed by atoms with E-state index < -0.39 is 11.4 Å². The molecule has 0 saturated carbocycles. The first kappa shape index (κ1) is 11.3. The van der Waals surface area contributed by atoms with E-state index in [0.717, 1.165) is 22.8 Å². The van der Waals surface area contributed by atoms with Gasteiger partial charge in [0.15, 0.2) is 4.90 Å². The topological polar surface area (TPSA) is 26.3 Å². The Labute approximate surface area is 98.5 Å². The Morgan fingerprint density at radius 3 is 2.87 bits per heavy atom. The van der Waals surface area contributed by atoms with E-state index in [1.165, 1.54) is 12.8 Å². The highest BCUT2D eigenvalue weighted by Gasteiger charge is 2.34. The van der Waals surface area contributed by atoms with E-state index in [0.29, 0.717) is 0 Å². The van der Waals surface area contributed by atoms with Crippen molar-refractivity contribution in [1.82, 2.24) is 3.71 Å². The van der Waals surface area contributed by atoms with Crippen LogP contribution in [0.4, 0.5) is 0 Å². The minimum absolute atomic E-state index is 0.916. The van der Waals surface area contributed by atoms with Crippen LogP contribution in [0.15, 0.2) is 34.1 Å². The van der Waals surface area contributed by atoms with E-state index in [2.05, 4.69) is 6.92 Å². The third kappa shape index (κ3) is 2.50. The first-order valence-electron chi connectivity index (χ1n) is 5.29. The fourth-order valence-electron chi connectivity index (χ4n) is 1.54. The summed E-state index contributed by atoms with van der Waals surface area (Å²) < 4.78 is 14.0. The predicted molar refractivity (Wildman–Crippen MR) is 64.9 cm³/mol. The smallest absolute Gasteiger partial charge is 0.190 e. The van der Waals surface area contributed by atoms with Crippen LogP contribution in [0.5, 0.6) is 0 Å². The zero-order chi connectivity index (χ0) is 10.7. The summed E-state index contributed by atoms with van der Waals surface area (Å²) in [6.45, 7) is 3.10. The molecule has 0 fully saturated rings. The minimum atomic E-state index is -0.943. The van der Waals surface area contributed by atoms with Gasteiger partial charge in [0.2, 0.25) is 0 Å². The van der Waals surface area contributed by atoms with Crippen molar-refractivity contribution in [2.24, 2.45) is 0 Å². The molecule has 82 valence electrons. The average Bonchev–Trinajstić information content (AvgIpc) is 2.57. The minimum Gasteiger partial charge on any atom is -0.592 e. The summed E-state index contributed by atoms with van der Waals surface area (Å²) >= 11 is 0.685. The predicted octanol–water partition coefficient (Wildman–Crippen LogP) is 3.22. The third-order valence-electron chi connectivity index (χ3n) is 2.37. The van der Waals surface area contributed by atoms with Crippen molar-refractivity contribution in [2.45, 2.75) is 36.0 Å². The summed E-state index contributed by atoms with van der Waals surface area (Å²) in [4.78, 5) is 2.12. The number of fused-ring (bicyclic) bond motifs is 1. The van der Waals surface area contributed by atoms with Gasteiger partial charge in [-0.3, -0.25) is 0 Å². The summed E-state index contributed by atoms with van der Waals surface area (Å²) in [5, 5.41) is 0. The van der Waals surface area contributed by atoms with Crippen LogP contribution in [0.1, 0.15) is 26.2 Å². The number of benzene rings is 1. The van der Waals surface area contributed by atoms with Gasteiger partial charge in [0.25, 0.3) is 0 Å². The molecule has 0 aliphatic carbocycles. The molecule has 2 rings (SSSR count). The fraction of sp³-hybridized carbons (Fsp3) is 0.455. The summed E-state index contributed by atoms with van der Waals surface area (Å²) in [7, 11) is 0. The number of hydrogen-bond acceptors (Lipinski definition) is 3. The Morgan fingerprint density at radius 2 is 2.13 bits per heavy atom. The van der Waals surface area contributed by atoms with Gasteiger partial charge in [0.05, 0.1) is 22.8 Å². The standard InChI is InChI=1S/C11H15NOS2/c1-2-3-6-9-12-14-10-7-4-5-8-11(10)15(12)13/h4-5,7-8H,2-3,6,9H2,1H3. The van der Waals surface area contributed by atoms with Gasteiger partial charge >= 0.3 is 0 Å². The van der Waals surface area contributed by atoms with E-state index in [-0.39, 0.29) is 0 Å². The molecule has 0 spiro atoms. The lowest BCUT2D eigenvalue weighted by Crippen LogP contribution is -2.20. The van der Waals surface area contributed by atoms with Gasteiger partial charge < -0.3 is 4.55 Å². The molecule has 0 saturated heterocycles. The molecular formula is C11H15NOS2. The molecule has 1 aromatic rings. The molecule has 0 aromatic heterocycles. The summed E-state index contributed by atoms with van der Waals surface area (Å²) in [6.07, 6.45) is 3.55. The molecule has 1 unspecified atom stereocenters. The van der Waals surface area contributed by atoms with Crippen LogP contribution >= 0.6 is 11.9 Å². The van der Waals surface area contributed by atoms with Crippen molar-refractivity contribution >= 4 is 23.3 Å². The molecular weight excluding hydrogens is 226 g/mol. The molecule has 1 aliphatic heterocycles. The zero-order valence-electron chi connectivity index (χ0n) is 8.81. The lowest BCUT2D eigenvalue weighted by Gasteiger charge is -2.14. The van der Waals surface area contributed by atoms with Gasteiger partial charge in [-0.2, -0.15) is 0 Å². The van der Waals surface area contributed by atoms with Gasteiger partial charge in [-0.25, -0.2) is 0 Å². The summed E-state index contributed by atoms with van der Waals surface area (Å²) in [5.74, 6) is 0. The zero-order valence-corrected chi connectivity index (χ0v) is 10.4. The van der Waals surface area contributed by atoms with Crippen molar-refractivity contribution in [3.8, 4) is 0 Å². The molecule has 1 aliphatic rings. The van der Waals surface area contributed by atoms with Crippen molar-refractivity contribution in [3.05, 3.63) is 24.3 Å². The second-order valence-corrected chi connectivity index (χ2v) is 6.22. The fourth-order valence-corrected chi connectivity index (χ4v) is 4.31. The van der Waals surface area contributed by atoms with Crippen LogP contribution in [0, 0.1) is 0 Å². The van der Waals surface area contributed by atoms with Crippen molar-refractivity contribution < 1.29 is 4.55 Å². The Hall–Kier alpha value is -0.160. The maximum absolute atomic E-state index is 12.0. The lowest BCUT2D eigenvalue weighted by molar-refractivity contribution is 0.531. The Morgan fingerprint density at radius 1 is 1.33 bits per heavy atom. The number of unbranched alkanes of at least 4 members (excludes halogenated alkanes) is 2. The van der Waals surface area contributed by atoms with Crippen LogP contribution in [0.3, 0.4) is 0 Å². The second-order valence-electron chi connectivity index (χ2n) is 3.55. The normalized spacial score (nSPS) is 20.5. The van der Waals surface area contributed by atoms with Crippen LogP contribution in [0.2, 0.25) is 0 Å². The van der Waals surface area contributed by atoms with Crippen LogP contribution in [0.25, 0.3) is 0 Å². The lowest BCUT2D eigenvalue weighted by atomic mass is 10.3. The average molecular weight is 241 g/mol. The molecule has 2 nitrogen and oxygen atoms in total. The van der Waals surface area contributed by atoms with Gasteiger partial charge in [0, 0.05) is 11.9 Å². The molecule has 0 N–H and O–H groups in total. The van der Waals surface area contributed by atoms with Gasteiger partial charge in [0.1, 0.15) is 0 Å². The van der Waals surface area contributed by atoms with Gasteiger partial charge in [-0.15, -0.1) is 0 Å². The first-order valence-corrected chi connectivity index (χ1v) is 7.17. The number of rotatable bonds is 4. The Bertz CT molecular complexity index is 332. The molecule has 0 amide bonds. The van der Waals surface area contributed by atoms with E-state index in [1.807, 2.05) is 28.0 Å². The van der Waals surface area contributed by atoms with E-state index in [1.54, 1.807) is 11.9 Å². The first-order chi connectivity index (χ1) is 7.33. The van der Waals surface area contributed by atoms with Crippen molar-refractivity contribution in [2.75, 3.05) is 6.54 Å². The van der Waals surface area contributed by atoms with Crippen LogP contribution in [-0.4, -0.2) is 14.8 Å². The van der Waals surface area contributed by atoms with Gasteiger partial charge in [-0.1, -0.05) is 35.6 Å². The molecule has 0 radical (unpaired) electrons. The van der Waals surface area contributed by atoms with Gasteiger partial charge in [-0.05, 0) is 18.6 Å². The SMILES string of the molecule is CCCCCN1Sc2ccccc2[S+]1[O-]. The van der Waals surface area contributed by atoms with E-state index >= 15 is 0 Å². The number of hydrogen-bond donors (Lipinski definition) is 0. The van der Waals surface area contributed by atoms with E-state index in [9.17, 15) is 4.55 Å². The second kappa shape index (κ2) is 5.25. The quantitative estimate of drug-likeness (QED) is 0.460. The van der Waals surface area contributed by atoms with Crippen molar-refractivity contribution in [1.29, 1.82) is 0 Å².